The Morgan fingerprint density at radius 1 is 1.19 bits per heavy atom. The number of amides is 1. The first-order chi connectivity index (χ1) is 20.5. The van der Waals surface area contributed by atoms with Crippen LogP contribution in [0.4, 0.5) is 19.0 Å². The molecule has 2 aromatic heterocycles. The van der Waals surface area contributed by atoms with Gasteiger partial charge in [-0.2, -0.15) is 15.1 Å². The fourth-order valence-corrected chi connectivity index (χ4v) is 6.51. The molecule has 1 amide bonds. The number of likely N-dealkylation sites (tertiary alicyclic amines) is 1. The van der Waals surface area contributed by atoms with E-state index < -0.39 is 11.7 Å². The van der Waals surface area contributed by atoms with Crippen molar-refractivity contribution in [3.8, 4) is 17.1 Å². The highest BCUT2D eigenvalue weighted by Crippen LogP contribution is 2.42. The van der Waals surface area contributed by atoms with Crippen molar-refractivity contribution in [1.29, 1.82) is 0 Å². The number of benzene rings is 2. The van der Waals surface area contributed by atoms with Crippen molar-refractivity contribution < 1.29 is 22.7 Å². The Balaban J connectivity index is 1.38. The summed E-state index contributed by atoms with van der Waals surface area (Å²) in [5.74, 6) is -2.82. The second-order valence-corrected chi connectivity index (χ2v) is 11.9. The zero-order valence-electron chi connectivity index (χ0n) is 24.3. The lowest BCUT2D eigenvalue weighted by Crippen LogP contribution is -2.53. The van der Waals surface area contributed by atoms with E-state index in [0.29, 0.717) is 55.9 Å². The lowest BCUT2D eigenvalue weighted by Gasteiger charge is -2.40. The lowest BCUT2D eigenvalue weighted by molar-refractivity contribution is -0.131. The Morgan fingerprint density at radius 3 is 2.72 bits per heavy atom. The number of anilines is 1. The quantitative estimate of drug-likeness (QED) is 0.277. The van der Waals surface area contributed by atoms with Crippen molar-refractivity contribution in [1.82, 2.24) is 30.0 Å². The predicted molar refractivity (Wildman–Crippen MR) is 160 cm³/mol. The molecule has 1 atom stereocenters. The second kappa shape index (κ2) is 11.5. The number of H-pyrrole nitrogens is 1. The normalized spacial score (nSPS) is 19.1. The zero-order valence-corrected chi connectivity index (χ0v) is 25.0. The number of piperazine rings is 1. The summed E-state index contributed by atoms with van der Waals surface area (Å²) in [6, 6.07) is 5.33. The van der Waals surface area contributed by atoms with Crippen LogP contribution in [-0.2, 0) is 4.79 Å². The number of hydrogen-bond donors (Lipinski definition) is 1. The topological polar surface area (TPSA) is 90.5 Å². The van der Waals surface area contributed by atoms with E-state index >= 15 is 4.39 Å². The largest absolute Gasteiger partial charge is 0.463 e. The highest BCUT2D eigenvalue weighted by atomic mass is 35.5. The number of aromatic amines is 1. The molecule has 2 aliphatic heterocycles. The van der Waals surface area contributed by atoms with E-state index in [1.54, 1.807) is 29.0 Å². The van der Waals surface area contributed by atoms with E-state index in [2.05, 4.69) is 20.2 Å². The SMILES string of the molecule is CC(=O)N1CCN(c2nc(OCCCN3CCC(F)(F)C3)nc3c(F)c(-c4c(C)ccc5[nH]ncc45)c(Cl)cc23)CC1C. The van der Waals surface area contributed by atoms with Gasteiger partial charge in [-0.15, -0.1) is 0 Å². The summed E-state index contributed by atoms with van der Waals surface area (Å²) < 4.78 is 49.7. The summed E-state index contributed by atoms with van der Waals surface area (Å²) in [7, 11) is 0. The summed E-state index contributed by atoms with van der Waals surface area (Å²) in [4.78, 5) is 26.8. The van der Waals surface area contributed by atoms with Crippen molar-refractivity contribution in [3.05, 3.63) is 40.8 Å². The van der Waals surface area contributed by atoms with Crippen molar-refractivity contribution in [2.24, 2.45) is 0 Å². The van der Waals surface area contributed by atoms with Crippen molar-refractivity contribution in [2.45, 2.75) is 45.6 Å². The fraction of sp³-hybridized carbons (Fsp3) is 0.467. The third-order valence-electron chi connectivity index (χ3n) is 8.35. The van der Waals surface area contributed by atoms with Crippen LogP contribution in [0.2, 0.25) is 5.02 Å². The Bertz CT molecular complexity index is 1700. The average Bonchev–Trinajstić information content (AvgIpc) is 3.57. The standard InChI is InChI=1S/C30H33ClF3N7O2/c1-17-5-6-23-21(14-35-38-23)24(17)25-22(31)13-20-27(26(25)32)36-29(43-12-4-8-39-9-7-30(33,34)16-39)37-28(20)40-10-11-41(19(3)42)18(2)15-40/h5-6,13-14,18H,4,7-12,15-16H2,1-3H3,(H,35,38). The van der Waals surface area contributed by atoms with Gasteiger partial charge in [0.1, 0.15) is 11.3 Å². The molecule has 13 heteroatoms. The summed E-state index contributed by atoms with van der Waals surface area (Å²) >= 11 is 6.82. The molecule has 0 aliphatic carbocycles. The minimum atomic E-state index is -2.66. The Morgan fingerprint density at radius 2 is 2.00 bits per heavy atom. The van der Waals surface area contributed by atoms with Gasteiger partial charge in [0.25, 0.3) is 5.92 Å². The van der Waals surface area contributed by atoms with Crippen molar-refractivity contribution in [3.63, 3.8) is 0 Å². The van der Waals surface area contributed by atoms with Crippen LogP contribution < -0.4 is 9.64 Å². The Labute approximate surface area is 252 Å². The number of carbonyl (C=O) groups is 1. The first kappa shape index (κ1) is 29.4. The Hall–Kier alpha value is -3.64. The van der Waals surface area contributed by atoms with Crippen LogP contribution in [0.1, 0.15) is 32.3 Å². The van der Waals surface area contributed by atoms with Crippen molar-refractivity contribution >= 4 is 45.1 Å². The number of rotatable bonds is 7. The molecule has 228 valence electrons. The molecule has 0 bridgehead atoms. The number of alkyl halides is 2. The molecule has 2 aromatic carbocycles. The van der Waals surface area contributed by atoms with Gasteiger partial charge in [0, 0.05) is 74.0 Å². The minimum Gasteiger partial charge on any atom is -0.463 e. The molecular formula is C30H33ClF3N7O2. The van der Waals surface area contributed by atoms with Crippen LogP contribution in [0.5, 0.6) is 6.01 Å². The van der Waals surface area contributed by atoms with E-state index in [-0.39, 0.29) is 53.6 Å². The highest BCUT2D eigenvalue weighted by molar-refractivity contribution is 6.35. The fourth-order valence-electron chi connectivity index (χ4n) is 6.22. The molecule has 1 N–H and O–H groups in total. The molecule has 6 rings (SSSR count). The lowest BCUT2D eigenvalue weighted by atomic mass is 9.95. The van der Waals surface area contributed by atoms with Crippen LogP contribution in [-0.4, -0.2) is 93.7 Å². The number of ether oxygens (including phenoxy) is 1. The second-order valence-electron chi connectivity index (χ2n) is 11.5. The van der Waals surface area contributed by atoms with Gasteiger partial charge in [-0.3, -0.25) is 14.8 Å². The van der Waals surface area contributed by atoms with Gasteiger partial charge in [0.15, 0.2) is 5.82 Å². The van der Waals surface area contributed by atoms with Gasteiger partial charge in [-0.25, -0.2) is 13.2 Å². The third kappa shape index (κ3) is 5.70. The number of aryl methyl sites for hydroxylation is 1. The summed E-state index contributed by atoms with van der Waals surface area (Å²) in [5.41, 5.74) is 2.45. The van der Waals surface area contributed by atoms with Gasteiger partial charge >= 0.3 is 6.01 Å². The highest BCUT2D eigenvalue weighted by Gasteiger charge is 2.37. The molecule has 1 unspecified atom stereocenters. The van der Waals surface area contributed by atoms with Crippen molar-refractivity contribution in [2.75, 3.05) is 50.8 Å². The van der Waals surface area contributed by atoms with E-state index in [4.69, 9.17) is 16.3 Å². The summed E-state index contributed by atoms with van der Waals surface area (Å²) in [6.07, 6.45) is 1.98. The zero-order chi connectivity index (χ0) is 30.5. The van der Waals surface area contributed by atoms with Crippen LogP contribution in [0.25, 0.3) is 32.9 Å². The molecule has 0 radical (unpaired) electrons. The molecular weight excluding hydrogens is 583 g/mol. The monoisotopic (exact) mass is 615 g/mol. The average molecular weight is 616 g/mol. The number of hydrogen-bond acceptors (Lipinski definition) is 7. The van der Waals surface area contributed by atoms with Gasteiger partial charge in [0.2, 0.25) is 5.91 Å². The summed E-state index contributed by atoms with van der Waals surface area (Å²) in [6.45, 7) is 7.52. The smallest absolute Gasteiger partial charge is 0.319 e. The van der Waals surface area contributed by atoms with E-state index in [1.807, 2.05) is 30.9 Å². The molecule has 2 aliphatic rings. The molecule has 4 aromatic rings. The number of halogens is 4. The first-order valence-electron chi connectivity index (χ1n) is 14.4. The number of fused-ring (bicyclic) bond motifs is 2. The van der Waals surface area contributed by atoms with Gasteiger partial charge < -0.3 is 14.5 Å². The van der Waals surface area contributed by atoms with Gasteiger partial charge in [-0.1, -0.05) is 17.7 Å². The molecule has 43 heavy (non-hydrogen) atoms. The number of nitrogens with one attached hydrogen (secondary N) is 1. The van der Waals surface area contributed by atoms with Crippen LogP contribution in [0.3, 0.4) is 0 Å². The van der Waals surface area contributed by atoms with Crippen LogP contribution >= 0.6 is 11.6 Å². The molecule has 0 spiro atoms. The van der Waals surface area contributed by atoms with E-state index in [1.165, 1.54) is 0 Å². The molecule has 0 saturated carbocycles. The maximum Gasteiger partial charge on any atom is 0.319 e. The minimum absolute atomic E-state index is 0.0120. The number of aromatic nitrogens is 4. The summed E-state index contributed by atoms with van der Waals surface area (Å²) in [5, 5.41) is 8.41. The Kier molecular flexibility index (Phi) is 7.84. The number of carbonyl (C=O) groups excluding carboxylic acids is 1. The predicted octanol–water partition coefficient (Wildman–Crippen LogP) is 5.44. The maximum absolute atomic E-state index is 16.7. The first-order valence-corrected chi connectivity index (χ1v) is 14.8. The number of nitrogens with zero attached hydrogens (tertiary/aromatic N) is 6. The van der Waals surface area contributed by atoms with E-state index in [9.17, 15) is 13.6 Å². The molecule has 4 heterocycles. The van der Waals surface area contributed by atoms with Gasteiger partial charge in [-0.05, 0) is 38.0 Å². The van der Waals surface area contributed by atoms with Crippen LogP contribution in [0, 0.1) is 12.7 Å². The molecule has 9 nitrogen and oxygen atoms in total. The maximum atomic E-state index is 16.7. The van der Waals surface area contributed by atoms with Gasteiger partial charge in [0.05, 0.1) is 29.9 Å². The van der Waals surface area contributed by atoms with E-state index in [0.717, 1.165) is 16.5 Å². The van der Waals surface area contributed by atoms with Crippen LogP contribution in [0.15, 0.2) is 24.4 Å². The molecule has 2 saturated heterocycles. The molecule has 2 fully saturated rings. The third-order valence-corrected chi connectivity index (χ3v) is 8.65.